The Morgan fingerprint density at radius 3 is 2.57 bits per heavy atom. The van der Waals surface area contributed by atoms with Gasteiger partial charge >= 0.3 is 0 Å². The lowest BCUT2D eigenvalue weighted by molar-refractivity contribution is 0.379. The number of benzene rings is 1. The average molecular weight is 349 g/mol. The second-order valence-electron chi connectivity index (χ2n) is 6.19. The molecule has 1 aromatic carbocycles. The van der Waals surface area contributed by atoms with Gasteiger partial charge in [-0.15, -0.1) is 0 Å². The molecular weight excluding hydrogens is 328 g/mol. The molecule has 2 aromatic rings. The molecule has 3 heteroatoms. The molecule has 0 saturated heterocycles. The Kier molecular flexibility index (Phi) is 4.21. The molecule has 2 nitrogen and oxygen atoms in total. The van der Waals surface area contributed by atoms with E-state index in [-0.39, 0.29) is 10.3 Å². The maximum absolute atomic E-state index is 12.5. The number of hydrogen-bond donors (Lipinski definition) is 0. The summed E-state index contributed by atoms with van der Waals surface area (Å²) in [7, 11) is 0. The van der Waals surface area contributed by atoms with Crippen molar-refractivity contribution in [3.05, 3.63) is 45.3 Å². The Morgan fingerprint density at radius 1 is 1.19 bits per heavy atom. The van der Waals surface area contributed by atoms with Crippen LogP contribution < -0.4 is 5.43 Å². The third-order valence-electron chi connectivity index (χ3n) is 4.46. The van der Waals surface area contributed by atoms with Crippen LogP contribution in [-0.4, -0.2) is 0 Å². The van der Waals surface area contributed by atoms with Crippen LogP contribution in [0.2, 0.25) is 0 Å². The van der Waals surface area contributed by atoms with E-state index in [1.165, 1.54) is 19.3 Å². The van der Waals surface area contributed by atoms with E-state index >= 15 is 0 Å². The third kappa shape index (κ3) is 2.94. The summed E-state index contributed by atoms with van der Waals surface area (Å²) in [6.07, 6.45) is 6.06. The standard InChI is InChI=1S/C18H21BrO2/c1-11-8-14(12(2)19)18-15(9-11)16(20)10-17(21-18)13-6-4-3-5-7-13/h8-10,12-13H,3-7H2,1-2H3. The van der Waals surface area contributed by atoms with Gasteiger partial charge in [0.2, 0.25) is 0 Å². The molecule has 1 saturated carbocycles. The fourth-order valence-corrected chi connectivity index (χ4v) is 3.68. The summed E-state index contributed by atoms with van der Waals surface area (Å²) in [6, 6.07) is 5.76. The molecule has 1 aromatic heterocycles. The van der Waals surface area contributed by atoms with Crippen molar-refractivity contribution in [2.24, 2.45) is 0 Å². The molecule has 0 radical (unpaired) electrons. The van der Waals surface area contributed by atoms with Gasteiger partial charge in [0.05, 0.1) is 5.39 Å². The van der Waals surface area contributed by atoms with Crippen LogP contribution in [0, 0.1) is 6.92 Å². The second kappa shape index (κ2) is 5.96. The van der Waals surface area contributed by atoms with Crippen LogP contribution in [0.5, 0.6) is 0 Å². The maximum atomic E-state index is 12.5. The highest BCUT2D eigenvalue weighted by molar-refractivity contribution is 9.09. The predicted molar refractivity (Wildman–Crippen MR) is 90.4 cm³/mol. The number of aryl methyl sites for hydroxylation is 1. The number of rotatable bonds is 2. The largest absolute Gasteiger partial charge is 0.460 e. The van der Waals surface area contributed by atoms with E-state index in [9.17, 15) is 4.79 Å². The summed E-state index contributed by atoms with van der Waals surface area (Å²) in [5.74, 6) is 1.29. The van der Waals surface area contributed by atoms with Gasteiger partial charge in [0.15, 0.2) is 5.43 Å². The van der Waals surface area contributed by atoms with Crippen molar-refractivity contribution in [1.29, 1.82) is 0 Å². The van der Waals surface area contributed by atoms with Crippen LogP contribution in [0.4, 0.5) is 0 Å². The molecule has 1 atom stereocenters. The molecule has 1 aliphatic carbocycles. The molecule has 3 rings (SSSR count). The van der Waals surface area contributed by atoms with Crippen molar-refractivity contribution >= 4 is 26.9 Å². The van der Waals surface area contributed by atoms with E-state index in [0.29, 0.717) is 11.3 Å². The third-order valence-corrected chi connectivity index (χ3v) is 4.95. The summed E-state index contributed by atoms with van der Waals surface area (Å²) in [5.41, 5.74) is 3.02. The zero-order valence-corrected chi connectivity index (χ0v) is 14.2. The average Bonchev–Trinajstić information content (AvgIpc) is 2.48. The Morgan fingerprint density at radius 2 is 1.90 bits per heavy atom. The molecular formula is C18H21BrO2. The van der Waals surface area contributed by atoms with Gasteiger partial charge < -0.3 is 4.42 Å². The molecule has 1 heterocycles. The van der Waals surface area contributed by atoms with Crippen LogP contribution >= 0.6 is 15.9 Å². The predicted octanol–water partition coefficient (Wildman–Crippen LogP) is 5.61. The van der Waals surface area contributed by atoms with Gasteiger partial charge in [-0.25, -0.2) is 0 Å². The van der Waals surface area contributed by atoms with E-state index in [1.807, 2.05) is 13.0 Å². The van der Waals surface area contributed by atoms with Crippen molar-refractivity contribution in [3.63, 3.8) is 0 Å². The van der Waals surface area contributed by atoms with Gasteiger partial charge in [-0.2, -0.15) is 0 Å². The Balaban J connectivity index is 2.19. The first-order chi connectivity index (χ1) is 10.1. The van der Waals surface area contributed by atoms with Gasteiger partial charge in [-0.3, -0.25) is 4.79 Å². The van der Waals surface area contributed by atoms with E-state index in [4.69, 9.17) is 4.42 Å². The van der Waals surface area contributed by atoms with E-state index in [0.717, 1.165) is 35.3 Å². The first kappa shape index (κ1) is 14.8. The highest BCUT2D eigenvalue weighted by Gasteiger charge is 2.20. The SMILES string of the molecule is Cc1cc(C(C)Br)c2oc(C3CCCCC3)cc(=O)c2c1. The van der Waals surface area contributed by atoms with E-state index in [2.05, 4.69) is 28.9 Å². The monoisotopic (exact) mass is 348 g/mol. The lowest BCUT2D eigenvalue weighted by Gasteiger charge is -2.21. The number of alkyl halides is 1. The van der Waals surface area contributed by atoms with Crippen molar-refractivity contribution in [2.45, 2.75) is 56.7 Å². The number of halogens is 1. The molecule has 0 bridgehead atoms. The van der Waals surface area contributed by atoms with Gasteiger partial charge in [0, 0.05) is 22.4 Å². The fraction of sp³-hybridized carbons (Fsp3) is 0.500. The lowest BCUT2D eigenvalue weighted by atomic mass is 9.87. The van der Waals surface area contributed by atoms with Gasteiger partial charge in [-0.1, -0.05) is 41.3 Å². The van der Waals surface area contributed by atoms with E-state index in [1.54, 1.807) is 6.07 Å². The molecule has 1 fully saturated rings. The summed E-state index contributed by atoms with van der Waals surface area (Å²) in [6.45, 7) is 4.09. The molecule has 1 aliphatic rings. The van der Waals surface area contributed by atoms with E-state index < -0.39 is 0 Å². The second-order valence-corrected chi connectivity index (χ2v) is 7.57. The molecule has 0 amide bonds. The quantitative estimate of drug-likeness (QED) is 0.660. The number of hydrogen-bond acceptors (Lipinski definition) is 2. The first-order valence-corrected chi connectivity index (χ1v) is 8.70. The van der Waals surface area contributed by atoms with Crippen LogP contribution in [0.25, 0.3) is 11.0 Å². The molecule has 0 aliphatic heterocycles. The zero-order valence-electron chi connectivity index (χ0n) is 12.6. The fourth-order valence-electron chi connectivity index (χ4n) is 3.34. The minimum atomic E-state index is 0.0925. The molecule has 1 unspecified atom stereocenters. The van der Waals surface area contributed by atoms with Crippen LogP contribution in [0.1, 0.15) is 66.7 Å². The molecule has 0 spiro atoms. The smallest absolute Gasteiger partial charge is 0.192 e. The summed E-state index contributed by atoms with van der Waals surface area (Å²) in [5, 5.41) is 0.704. The zero-order chi connectivity index (χ0) is 15.0. The molecule has 0 N–H and O–H groups in total. The van der Waals surface area contributed by atoms with Crippen molar-refractivity contribution in [2.75, 3.05) is 0 Å². The van der Waals surface area contributed by atoms with Gasteiger partial charge in [-0.05, 0) is 38.3 Å². The van der Waals surface area contributed by atoms with Crippen LogP contribution in [0.15, 0.2) is 27.4 Å². The van der Waals surface area contributed by atoms with Crippen LogP contribution in [0.3, 0.4) is 0 Å². The number of fused-ring (bicyclic) bond motifs is 1. The Hall–Kier alpha value is -1.09. The summed E-state index contributed by atoms with van der Waals surface area (Å²) in [4.78, 5) is 12.7. The highest BCUT2D eigenvalue weighted by Crippen LogP contribution is 2.35. The minimum Gasteiger partial charge on any atom is -0.460 e. The summed E-state index contributed by atoms with van der Waals surface area (Å²) < 4.78 is 6.20. The topological polar surface area (TPSA) is 30.2 Å². The molecule has 21 heavy (non-hydrogen) atoms. The Bertz CT molecular complexity index is 709. The maximum Gasteiger partial charge on any atom is 0.192 e. The first-order valence-electron chi connectivity index (χ1n) is 7.78. The highest BCUT2D eigenvalue weighted by atomic mass is 79.9. The van der Waals surface area contributed by atoms with Crippen molar-refractivity contribution in [3.8, 4) is 0 Å². The van der Waals surface area contributed by atoms with Gasteiger partial charge in [0.1, 0.15) is 11.3 Å². The minimum absolute atomic E-state index is 0.0925. The Labute approximate surface area is 133 Å². The van der Waals surface area contributed by atoms with Crippen molar-refractivity contribution in [1.82, 2.24) is 0 Å². The van der Waals surface area contributed by atoms with Gasteiger partial charge in [0.25, 0.3) is 0 Å². The van der Waals surface area contributed by atoms with Crippen LogP contribution in [-0.2, 0) is 0 Å². The lowest BCUT2D eigenvalue weighted by Crippen LogP contribution is -2.10. The molecule has 112 valence electrons. The normalized spacial score (nSPS) is 18.0. The van der Waals surface area contributed by atoms with Crippen molar-refractivity contribution < 1.29 is 4.42 Å². The summed E-state index contributed by atoms with van der Waals surface area (Å²) >= 11 is 3.62.